The van der Waals surface area contributed by atoms with E-state index < -0.39 is 22.6 Å². The smallest absolute Gasteiger partial charge is 0.316 e. The third kappa shape index (κ3) is 4.82. The molecule has 10 nitrogen and oxygen atoms in total. The summed E-state index contributed by atoms with van der Waals surface area (Å²) in [6, 6.07) is 9.42. The van der Waals surface area contributed by atoms with E-state index >= 15 is 0 Å². The zero-order valence-electron chi connectivity index (χ0n) is 15.7. The van der Waals surface area contributed by atoms with Gasteiger partial charge in [0.1, 0.15) is 5.82 Å². The molecule has 2 N–H and O–H groups in total. The first-order valence-corrected chi connectivity index (χ1v) is 8.76. The first-order valence-electron chi connectivity index (χ1n) is 8.76. The minimum atomic E-state index is -0.628. The monoisotopic (exact) mass is 413 g/mol. The number of rotatable bonds is 7. The van der Waals surface area contributed by atoms with Gasteiger partial charge < -0.3 is 15.2 Å². The third-order valence-corrected chi connectivity index (χ3v) is 4.07. The van der Waals surface area contributed by atoms with Crippen LogP contribution in [0.4, 0.5) is 10.1 Å². The predicted octanol–water partition coefficient (Wildman–Crippen LogP) is 2.25. The van der Waals surface area contributed by atoms with E-state index in [2.05, 4.69) is 20.8 Å². The van der Waals surface area contributed by atoms with E-state index in [1.54, 1.807) is 6.92 Å². The summed E-state index contributed by atoms with van der Waals surface area (Å²) in [6.45, 7) is 1.74. The van der Waals surface area contributed by atoms with Crippen molar-refractivity contribution in [2.75, 3.05) is 13.1 Å². The lowest BCUT2D eigenvalue weighted by Crippen LogP contribution is -2.34. The van der Waals surface area contributed by atoms with Gasteiger partial charge in [0.15, 0.2) is 0 Å². The van der Waals surface area contributed by atoms with E-state index in [0.29, 0.717) is 11.1 Å². The Bertz CT molecular complexity index is 1100. The number of nitrogens with zero attached hydrogens (tertiary/aromatic N) is 3. The summed E-state index contributed by atoms with van der Waals surface area (Å²) in [5.74, 6) is -1.60. The highest BCUT2D eigenvalue weighted by molar-refractivity contribution is 5.94. The minimum absolute atomic E-state index is 0.0709. The molecule has 154 valence electrons. The van der Waals surface area contributed by atoms with Gasteiger partial charge in [-0.25, -0.2) is 4.39 Å². The Hall–Kier alpha value is -4.15. The molecule has 0 saturated heterocycles. The van der Waals surface area contributed by atoms with Gasteiger partial charge in [-0.3, -0.25) is 19.7 Å². The van der Waals surface area contributed by atoms with Crippen molar-refractivity contribution in [3.05, 3.63) is 75.4 Å². The fourth-order valence-electron chi connectivity index (χ4n) is 2.56. The molecule has 0 bridgehead atoms. The van der Waals surface area contributed by atoms with Crippen LogP contribution in [0.2, 0.25) is 0 Å². The Morgan fingerprint density at radius 3 is 2.40 bits per heavy atom. The maximum atomic E-state index is 13.0. The molecule has 3 aromatic rings. The van der Waals surface area contributed by atoms with Crippen LogP contribution in [-0.4, -0.2) is 40.0 Å². The van der Waals surface area contributed by atoms with Crippen LogP contribution in [0.25, 0.3) is 11.4 Å². The van der Waals surface area contributed by atoms with E-state index in [4.69, 9.17) is 4.52 Å². The van der Waals surface area contributed by atoms with Crippen molar-refractivity contribution in [1.82, 2.24) is 20.8 Å². The number of halogens is 1. The highest BCUT2D eigenvalue weighted by atomic mass is 19.1. The van der Waals surface area contributed by atoms with E-state index in [-0.39, 0.29) is 36.1 Å². The number of aromatic nitrogens is 2. The largest absolute Gasteiger partial charge is 0.350 e. The van der Waals surface area contributed by atoms with Gasteiger partial charge >= 0.3 is 11.8 Å². The molecule has 2 amide bonds. The van der Waals surface area contributed by atoms with Gasteiger partial charge in [0.2, 0.25) is 5.82 Å². The second kappa shape index (κ2) is 8.90. The molecule has 1 heterocycles. The summed E-state index contributed by atoms with van der Waals surface area (Å²) >= 11 is 0. The van der Waals surface area contributed by atoms with Crippen LogP contribution in [0, 0.1) is 22.9 Å². The first kappa shape index (κ1) is 20.6. The molecule has 3 rings (SSSR count). The number of benzene rings is 2. The number of nitro benzene ring substituents is 1. The van der Waals surface area contributed by atoms with Gasteiger partial charge in [-0.1, -0.05) is 5.16 Å². The SMILES string of the molecule is Cc1cc(C(=O)NCCNC(=O)c2nc(-c3ccc(F)cc3)no2)ccc1[N+](=O)[O-]. The summed E-state index contributed by atoms with van der Waals surface area (Å²) in [5.41, 5.74) is 1.06. The van der Waals surface area contributed by atoms with Crippen LogP contribution in [0.5, 0.6) is 0 Å². The second-order valence-corrected chi connectivity index (χ2v) is 6.20. The summed E-state index contributed by atoms with van der Waals surface area (Å²) < 4.78 is 17.9. The molecule has 0 aliphatic carbocycles. The molecule has 2 aromatic carbocycles. The molecule has 0 radical (unpaired) electrons. The summed E-state index contributed by atoms with van der Waals surface area (Å²) in [6.07, 6.45) is 0. The molecular weight excluding hydrogens is 397 g/mol. The number of hydrogen-bond donors (Lipinski definition) is 2. The van der Waals surface area contributed by atoms with E-state index in [9.17, 15) is 24.1 Å². The molecule has 0 unspecified atom stereocenters. The van der Waals surface area contributed by atoms with Gasteiger partial charge in [0.25, 0.3) is 11.6 Å². The highest BCUT2D eigenvalue weighted by Crippen LogP contribution is 2.18. The van der Waals surface area contributed by atoms with Gasteiger partial charge in [-0.2, -0.15) is 4.98 Å². The number of carbonyl (C=O) groups is 2. The average Bonchev–Trinajstić information content (AvgIpc) is 3.21. The van der Waals surface area contributed by atoms with Crippen molar-refractivity contribution in [1.29, 1.82) is 0 Å². The van der Waals surface area contributed by atoms with Crippen LogP contribution in [0.15, 0.2) is 47.0 Å². The average molecular weight is 413 g/mol. The Balaban J connectivity index is 1.49. The number of hydrogen-bond acceptors (Lipinski definition) is 7. The second-order valence-electron chi connectivity index (χ2n) is 6.20. The van der Waals surface area contributed by atoms with Crippen LogP contribution in [0.1, 0.15) is 26.6 Å². The topological polar surface area (TPSA) is 140 Å². The molecule has 0 atom stereocenters. The summed E-state index contributed by atoms with van der Waals surface area (Å²) in [7, 11) is 0. The number of nitro groups is 1. The van der Waals surface area contributed by atoms with Gasteiger partial charge in [-0.15, -0.1) is 0 Å². The molecule has 0 saturated carbocycles. The summed E-state index contributed by atoms with van der Waals surface area (Å²) in [4.78, 5) is 38.4. The third-order valence-electron chi connectivity index (χ3n) is 4.07. The Morgan fingerprint density at radius 1 is 1.10 bits per heavy atom. The lowest BCUT2D eigenvalue weighted by atomic mass is 10.1. The predicted molar refractivity (Wildman–Crippen MR) is 102 cm³/mol. The quantitative estimate of drug-likeness (QED) is 0.344. The molecule has 1 aromatic heterocycles. The van der Waals surface area contributed by atoms with Crippen LogP contribution >= 0.6 is 0 Å². The maximum absolute atomic E-state index is 13.0. The lowest BCUT2D eigenvalue weighted by Gasteiger charge is -2.06. The fourth-order valence-corrected chi connectivity index (χ4v) is 2.56. The Kier molecular flexibility index (Phi) is 6.11. The van der Waals surface area contributed by atoms with E-state index in [1.807, 2.05) is 0 Å². The lowest BCUT2D eigenvalue weighted by molar-refractivity contribution is -0.385. The number of aryl methyl sites for hydroxylation is 1. The van der Waals surface area contributed by atoms with Crippen LogP contribution in [0.3, 0.4) is 0 Å². The molecule has 30 heavy (non-hydrogen) atoms. The molecule has 0 spiro atoms. The standard InChI is InChI=1S/C19H16FN5O5/c1-11-10-13(4-7-15(11)25(28)29)17(26)21-8-9-22-18(27)19-23-16(24-30-19)12-2-5-14(20)6-3-12/h2-7,10H,8-9H2,1H3,(H,21,26)(H,22,27). The van der Waals surface area contributed by atoms with Crippen LogP contribution in [-0.2, 0) is 0 Å². The maximum Gasteiger partial charge on any atom is 0.316 e. The van der Waals surface area contributed by atoms with Crippen molar-refractivity contribution < 1.29 is 23.4 Å². The zero-order valence-corrected chi connectivity index (χ0v) is 15.7. The highest BCUT2D eigenvalue weighted by Gasteiger charge is 2.16. The molecule has 11 heteroatoms. The normalized spacial score (nSPS) is 10.5. The number of carbonyl (C=O) groups excluding carboxylic acids is 2. The first-order chi connectivity index (χ1) is 14.3. The number of nitrogens with one attached hydrogen (secondary N) is 2. The van der Waals surface area contributed by atoms with E-state index in [0.717, 1.165) is 0 Å². The molecule has 0 aliphatic heterocycles. The van der Waals surface area contributed by atoms with Crippen molar-refractivity contribution in [3.8, 4) is 11.4 Å². The van der Waals surface area contributed by atoms with Gasteiger partial charge in [-0.05, 0) is 43.3 Å². The Labute approximate surface area is 169 Å². The van der Waals surface area contributed by atoms with Crippen molar-refractivity contribution in [3.63, 3.8) is 0 Å². The zero-order chi connectivity index (χ0) is 21.7. The van der Waals surface area contributed by atoms with Gasteiger partial charge in [0, 0.05) is 35.8 Å². The molecular formula is C19H16FN5O5. The number of amides is 2. The Morgan fingerprint density at radius 2 is 1.77 bits per heavy atom. The van der Waals surface area contributed by atoms with Crippen molar-refractivity contribution >= 4 is 17.5 Å². The molecule has 0 fully saturated rings. The fraction of sp³-hybridized carbons (Fsp3) is 0.158. The van der Waals surface area contributed by atoms with Crippen LogP contribution < -0.4 is 10.6 Å². The molecule has 0 aliphatic rings. The van der Waals surface area contributed by atoms with E-state index in [1.165, 1.54) is 42.5 Å². The van der Waals surface area contributed by atoms with Crippen molar-refractivity contribution in [2.24, 2.45) is 0 Å². The van der Waals surface area contributed by atoms with Gasteiger partial charge in [0.05, 0.1) is 4.92 Å². The minimum Gasteiger partial charge on any atom is -0.350 e. The summed E-state index contributed by atoms with van der Waals surface area (Å²) in [5, 5.41) is 19.6. The van der Waals surface area contributed by atoms with Crippen molar-refractivity contribution in [2.45, 2.75) is 6.92 Å².